The summed E-state index contributed by atoms with van der Waals surface area (Å²) in [5.74, 6) is -1.62. The normalized spacial score (nSPS) is 11.7. The van der Waals surface area contributed by atoms with Crippen molar-refractivity contribution in [3.05, 3.63) is 39.9 Å². The van der Waals surface area contributed by atoms with Crippen LogP contribution < -0.4 is 5.32 Å². The third-order valence-corrected chi connectivity index (χ3v) is 2.86. The van der Waals surface area contributed by atoms with Crippen molar-refractivity contribution < 1.29 is 19.6 Å². The lowest BCUT2D eigenvalue weighted by Gasteiger charge is -2.07. The van der Waals surface area contributed by atoms with Gasteiger partial charge in [-0.05, 0) is 25.0 Å². The zero-order valence-corrected chi connectivity index (χ0v) is 11.0. The van der Waals surface area contributed by atoms with Gasteiger partial charge >= 0.3 is 5.97 Å². The Morgan fingerprint density at radius 1 is 1.35 bits per heavy atom. The minimum atomic E-state index is -0.855. The summed E-state index contributed by atoms with van der Waals surface area (Å²) in [7, 11) is 0. The highest BCUT2D eigenvalue weighted by Crippen LogP contribution is 2.11. The molecule has 1 amide bonds. The van der Waals surface area contributed by atoms with E-state index < -0.39 is 16.8 Å². The molecule has 0 radical (unpaired) electrons. The van der Waals surface area contributed by atoms with Gasteiger partial charge in [0.25, 0.3) is 11.6 Å². The first-order valence-corrected chi connectivity index (χ1v) is 6.17. The Balaban J connectivity index is 2.39. The van der Waals surface area contributed by atoms with E-state index in [1.165, 1.54) is 24.3 Å². The molecule has 2 N–H and O–H groups in total. The van der Waals surface area contributed by atoms with E-state index in [9.17, 15) is 19.7 Å². The number of nitro groups is 1. The third-order valence-electron chi connectivity index (χ3n) is 2.86. The lowest BCUT2D eigenvalue weighted by Crippen LogP contribution is -2.25. The van der Waals surface area contributed by atoms with Crippen LogP contribution in [0.15, 0.2) is 24.3 Å². The van der Waals surface area contributed by atoms with Gasteiger partial charge in [-0.2, -0.15) is 0 Å². The van der Waals surface area contributed by atoms with Crippen molar-refractivity contribution in [1.29, 1.82) is 0 Å². The molecule has 0 aliphatic rings. The van der Waals surface area contributed by atoms with Gasteiger partial charge in [-0.25, -0.2) is 0 Å². The number of nitro benzene ring substituents is 1. The molecule has 7 nitrogen and oxygen atoms in total. The predicted octanol–water partition coefficient (Wildman–Crippen LogP) is 1.83. The highest BCUT2D eigenvalue weighted by molar-refractivity contribution is 5.94. The molecule has 0 spiro atoms. The van der Waals surface area contributed by atoms with Crippen LogP contribution in [0.4, 0.5) is 5.69 Å². The van der Waals surface area contributed by atoms with Crippen molar-refractivity contribution in [2.45, 2.75) is 19.8 Å². The molecule has 1 aromatic rings. The van der Waals surface area contributed by atoms with Crippen molar-refractivity contribution in [1.82, 2.24) is 5.32 Å². The maximum absolute atomic E-state index is 11.7. The Morgan fingerprint density at radius 2 is 1.95 bits per heavy atom. The highest BCUT2D eigenvalue weighted by Gasteiger charge is 2.11. The summed E-state index contributed by atoms with van der Waals surface area (Å²) < 4.78 is 0. The maximum Gasteiger partial charge on any atom is 0.306 e. The molecule has 0 aliphatic heterocycles. The van der Waals surface area contributed by atoms with Gasteiger partial charge in [-0.1, -0.05) is 6.92 Å². The van der Waals surface area contributed by atoms with E-state index in [0.717, 1.165) is 0 Å². The molecule has 0 saturated heterocycles. The number of rotatable bonds is 7. The van der Waals surface area contributed by atoms with Crippen LogP contribution in [0.5, 0.6) is 0 Å². The number of aliphatic carboxylic acids is 1. The largest absolute Gasteiger partial charge is 0.481 e. The number of carbonyl (C=O) groups excluding carboxylic acids is 1. The maximum atomic E-state index is 11.7. The molecule has 1 rings (SSSR count). The van der Waals surface area contributed by atoms with Gasteiger partial charge in [0, 0.05) is 24.2 Å². The molecule has 0 fully saturated rings. The lowest BCUT2D eigenvalue weighted by molar-refractivity contribution is -0.384. The first-order valence-electron chi connectivity index (χ1n) is 6.17. The highest BCUT2D eigenvalue weighted by atomic mass is 16.6. The van der Waals surface area contributed by atoms with Crippen LogP contribution in [0.25, 0.3) is 0 Å². The SMILES string of the molecule is CC(CCCNC(=O)c1ccc([N+](=O)[O-])cc1)C(=O)O. The van der Waals surface area contributed by atoms with Gasteiger partial charge in [0.1, 0.15) is 0 Å². The Hall–Kier alpha value is -2.44. The summed E-state index contributed by atoms with van der Waals surface area (Å²) in [6.45, 7) is 1.98. The average Bonchev–Trinajstić information content (AvgIpc) is 2.43. The minimum absolute atomic E-state index is 0.0724. The molecule has 0 aliphatic carbocycles. The zero-order chi connectivity index (χ0) is 15.1. The number of benzene rings is 1. The molecule has 7 heteroatoms. The predicted molar refractivity (Wildman–Crippen MR) is 71.5 cm³/mol. The van der Waals surface area contributed by atoms with Crippen LogP contribution in [-0.2, 0) is 4.79 Å². The second kappa shape index (κ2) is 7.22. The topological polar surface area (TPSA) is 110 Å². The van der Waals surface area contributed by atoms with E-state index in [1.807, 2.05) is 0 Å². The fraction of sp³-hybridized carbons (Fsp3) is 0.385. The summed E-state index contributed by atoms with van der Waals surface area (Å²) in [4.78, 5) is 32.2. The third kappa shape index (κ3) is 4.68. The molecule has 20 heavy (non-hydrogen) atoms. The summed E-state index contributed by atoms with van der Waals surface area (Å²) in [5, 5.41) is 21.8. The molecule has 1 aromatic carbocycles. The quantitative estimate of drug-likeness (QED) is 0.450. The van der Waals surface area contributed by atoms with Crippen LogP contribution in [0.2, 0.25) is 0 Å². The number of hydrogen-bond acceptors (Lipinski definition) is 4. The van der Waals surface area contributed by atoms with Gasteiger partial charge in [0.05, 0.1) is 10.8 Å². The first-order chi connectivity index (χ1) is 9.41. The van der Waals surface area contributed by atoms with E-state index in [2.05, 4.69) is 5.32 Å². The molecule has 0 bridgehead atoms. The van der Waals surface area contributed by atoms with Gasteiger partial charge in [-0.15, -0.1) is 0 Å². The molecular weight excluding hydrogens is 264 g/mol. The Bertz CT molecular complexity index is 498. The fourth-order valence-electron chi connectivity index (χ4n) is 1.57. The molecule has 0 heterocycles. The first kappa shape index (κ1) is 15.6. The van der Waals surface area contributed by atoms with Crippen LogP contribution in [-0.4, -0.2) is 28.5 Å². The minimum Gasteiger partial charge on any atom is -0.481 e. The second-order valence-corrected chi connectivity index (χ2v) is 4.44. The van der Waals surface area contributed by atoms with Gasteiger partial charge in [0.15, 0.2) is 0 Å². The molecule has 0 aromatic heterocycles. The van der Waals surface area contributed by atoms with Gasteiger partial charge < -0.3 is 10.4 Å². The molecular formula is C13H16N2O5. The molecule has 1 atom stereocenters. The monoisotopic (exact) mass is 280 g/mol. The number of hydrogen-bond donors (Lipinski definition) is 2. The summed E-state index contributed by atoms with van der Waals surface area (Å²) in [5.41, 5.74) is 0.263. The van der Waals surface area contributed by atoms with E-state index in [1.54, 1.807) is 6.92 Å². The number of non-ortho nitro benzene ring substituents is 1. The average molecular weight is 280 g/mol. The number of nitrogens with zero attached hydrogens (tertiary/aromatic N) is 1. The zero-order valence-electron chi connectivity index (χ0n) is 11.0. The van der Waals surface area contributed by atoms with Crippen molar-refractivity contribution in [3.63, 3.8) is 0 Å². The second-order valence-electron chi connectivity index (χ2n) is 4.44. The van der Waals surface area contributed by atoms with E-state index in [0.29, 0.717) is 24.9 Å². The summed E-state index contributed by atoms with van der Waals surface area (Å²) >= 11 is 0. The number of carboxylic acids is 1. The smallest absolute Gasteiger partial charge is 0.306 e. The fourth-order valence-corrected chi connectivity index (χ4v) is 1.57. The molecule has 108 valence electrons. The van der Waals surface area contributed by atoms with Crippen LogP contribution in [0.1, 0.15) is 30.1 Å². The van der Waals surface area contributed by atoms with Crippen molar-refractivity contribution in [3.8, 4) is 0 Å². The van der Waals surface area contributed by atoms with Crippen molar-refractivity contribution >= 4 is 17.6 Å². The van der Waals surface area contributed by atoms with Crippen LogP contribution in [0, 0.1) is 16.0 Å². The number of carboxylic acid groups (broad SMARTS) is 1. The number of nitrogens with one attached hydrogen (secondary N) is 1. The van der Waals surface area contributed by atoms with E-state index >= 15 is 0 Å². The van der Waals surface area contributed by atoms with Crippen LogP contribution in [0.3, 0.4) is 0 Å². The standard InChI is InChI=1S/C13H16N2O5/c1-9(13(17)18)3-2-8-14-12(16)10-4-6-11(7-5-10)15(19)20/h4-7,9H,2-3,8H2,1H3,(H,14,16)(H,17,18). The van der Waals surface area contributed by atoms with Gasteiger partial charge in [-0.3, -0.25) is 19.7 Å². The Kier molecular flexibility index (Phi) is 5.64. The molecule has 0 saturated carbocycles. The van der Waals surface area contributed by atoms with Gasteiger partial charge in [0.2, 0.25) is 0 Å². The number of amides is 1. The van der Waals surface area contributed by atoms with E-state index in [-0.39, 0.29) is 11.6 Å². The Morgan fingerprint density at radius 3 is 2.45 bits per heavy atom. The van der Waals surface area contributed by atoms with Crippen molar-refractivity contribution in [2.75, 3.05) is 6.54 Å². The van der Waals surface area contributed by atoms with Crippen LogP contribution >= 0.6 is 0 Å². The molecule has 1 unspecified atom stereocenters. The lowest BCUT2D eigenvalue weighted by atomic mass is 10.1. The number of carbonyl (C=O) groups is 2. The van der Waals surface area contributed by atoms with E-state index in [4.69, 9.17) is 5.11 Å². The van der Waals surface area contributed by atoms with Crippen molar-refractivity contribution in [2.24, 2.45) is 5.92 Å². The summed E-state index contributed by atoms with van der Waals surface area (Å²) in [6.07, 6.45) is 1.04. The Labute approximate surface area is 115 Å². The summed E-state index contributed by atoms with van der Waals surface area (Å²) in [6, 6.07) is 5.30.